The Kier molecular flexibility index (Phi) is 3.46. The van der Waals surface area contributed by atoms with Crippen molar-refractivity contribution in [3.8, 4) is 0 Å². The van der Waals surface area contributed by atoms with E-state index in [1.165, 1.54) is 0 Å². The van der Waals surface area contributed by atoms with Gasteiger partial charge in [-0.05, 0) is 17.7 Å². The van der Waals surface area contributed by atoms with Gasteiger partial charge in [0, 0.05) is 32.1 Å². The first-order valence-corrected chi connectivity index (χ1v) is 5.46. The van der Waals surface area contributed by atoms with Crippen molar-refractivity contribution in [3.05, 3.63) is 57.9 Å². The van der Waals surface area contributed by atoms with Crippen LogP contribution in [0.2, 0.25) is 0 Å². The summed E-state index contributed by atoms with van der Waals surface area (Å²) >= 11 is 0. The maximum absolute atomic E-state index is 13.6. The number of aryl methyl sites for hydroxylation is 1. The van der Waals surface area contributed by atoms with Crippen LogP contribution in [0.25, 0.3) is 0 Å². The molecule has 1 aromatic heterocycles. The molecule has 0 fully saturated rings. The van der Waals surface area contributed by atoms with E-state index in [9.17, 15) is 18.9 Å². The Balaban J connectivity index is 2.28. The molecule has 0 saturated carbocycles. The largest absolute Gasteiger partial charge is 0.373 e. The quantitative estimate of drug-likeness (QED) is 0.684. The number of benzene rings is 1. The van der Waals surface area contributed by atoms with E-state index in [-0.39, 0.29) is 6.54 Å². The Labute approximate surface area is 107 Å². The van der Waals surface area contributed by atoms with E-state index in [0.29, 0.717) is 0 Å². The Morgan fingerprint density at radius 3 is 2.68 bits per heavy atom. The van der Waals surface area contributed by atoms with Gasteiger partial charge < -0.3 is 9.88 Å². The molecule has 2 rings (SSSR count). The number of hydrogen-bond donors (Lipinski definition) is 1. The minimum absolute atomic E-state index is 0.169. The van der Waals surface area contributed by atoms with Crippen molar-refractivity contribution >= 4 is 11.4 Å². The van der Waals surface area contributed by atoms with E-state index in [1.807, 2.05) is 7.05 Å². The fourth-order valence-corrected chi connectivity index (χ4v) is 1.72. The zero-order valence-corrected chi connectivity index (χ0v) is 10.1. The Morgan fingerprint density at radius 2 is 2.11 bits per heavy atom. The third-order valence-electron chi connectivity index (χ3n) is 2.63. The highest BCUT2D eigenvalue weighted by atomic mass is 19.2. The number of rotatable bonds is 4. The molecule has 0 aliphatic heterocycles. The molecule has 19 heavy (non-hydrogen) atoms. The van der Waals surface area contributed by atoms with E-state index in [4.69, 9.17) is 0 Å². The van der Waals surface area contributed by atoms with E-state index >= 15 is 0 Å². The molecule has 100 valence electrons. The molecule has 0 saturated heterocycles. The van der Waals surface area contributed by atoms with Crippen LogP contribution in [0.15, 0.2) is 30.6 Å². The van der Waals surface area contributed by atoms with E-state index in [1.54, 1.807) is 23.0 Å². The Bertz CT molecular complexity index is 625. The summed E-state index contributed by atoms with van der Waals surface area (Å²) in [6.07, 6.45) is 3.56. The van der Waals surface area contributed by atoms with Crippen LogP contribution in [0.3, 0.4) is 0 Å². The van der Waals surface area contributed by atoms with Crippen molar-refractivity contribution in [2.75, 3.05) is 5.32 Å². The molecule has 0 aliphatic rings. The standard InChI is InChI=1S/C12H11F2N3O2/c1-16-5-4-8(7-16)6-15-12-10(17(18)19)3-2-9(13)11(12)14/h2-5,7,15H,6H2,1H3. The number of halogens is 2. The minimum atomic E-state index is -1.25. The van der Waals surface area contributed by atoms with Crippen LogP contribution in [0.5, 0.6) is 0 Å². The molecule has 0 unspecified atom stereocenters. The van der Waals surface area contributed by atoms with Crippen molar-refractivity contribution in [2.24, 2.45) is 7.05 Å². The first-order valence-electron chi connectivity index (χ1n) is 5.46. The third kappa shape index (κ3) is 2.70. The fraction of sp³-hybridized carbons (Fsp3) is 0.167. The molecule has 0 spiro atoms. The van der Waals surface area contributed by atoms with Gasteiger partial charge in [0.15, 0.2) is 17.3 Å². The maximum Gasteiger partial charge on any atom is 0.295 e. The summed E-state index contributed by atoms with van der Waals surface area (Å²) in [4.78, 5) is 10.0. The molecule has 2 aromatic rings. The summed E-state index contributed by atoms with van der Waals surface area (Å²) in [6.45, 7) is 0.169. The summed E-state index contributed by atoms with van der Waals surface area (Å²) < 4.78 is 28.5. The third-order valence-corrected chi connectivity index (χ3v) is 2.63. The smallest absolute Gasteiger partial charge is 0.295 e. The lowest BCUT2D eigenvalue weighted by atomic mass is 10.2. The number of aromatic nitrogens is 1. The SMILES string of the molecule is Cn1ccc(CNc2c([N+](=O)[O-])ccc(F)c2F)c1. The first kappa shape index (κ1) is 13.0. The number of anilines is 1. The second-order valence-corrected chi connectivity index (χ2v) is 4.05. The second-order valence-electron chi connectivity index (χ2n) is 4.05. The van der Waals surface area contributed by atoms with Crippen molar-refractivity contribution in [1.82, 2.24) is 4.57 Å². The predicted octanol–water partition coefficient (Wildman–Crippen LogP) is 2.82. The van der Waals surface area contributed by atoms with E-state index < -0.39 is 27.9 Å². The molecule has 1 heterocycles. The van der Waals surface area contributed by atoms with Crippen LogP contribution in [0, 0.1) is 21.7 Å². The number of nitrogens with zero attached hydrogens (tertiary/aromatic N) is 2. The van der Waals surface area contributed by atoms with Gasteiger partial charge in [-0.2, -0.15) is 0 Å². The van der Waals surface area contributed by atoms with Crippen LogP contribution in [-0.4, -0.2) is 9.49 Å². The van der Waals surface area contributed by atoms with Gasteiger partial charge in [-0.1, -0.05) is 0 Å². The van der Waals surface area contributed by atoms with Gasteiger partial charge in [0.1, 0.15) is 0 Å². The van der Waals surface area contributed by atoms with Crippen LogP contribution >= 0.6 is 0 Å². The zero-order chi connectivity index (χ0) is 14.0. The molecule has 0 amide bonds. The van der Waals surface area contributed by atoms with Crippen LogP contribution < -0.4 is 5.32 Å². The van der Waals surface area contributed by atoms with Gasteiger partial charge in [0.05, 0.1) is 4.92 Å². The van der Waals surface area contributed by atoms with Crippen molar-refractivity contribution < 1.29 is 13.7 Å². The molecular formula is C12H11F2N3O2. The molecule has 0 atom stereocenters. The predicted molar refractivity (Wildman–Crippen MR) is 65.8 cm³/mol. The van der Waals surface area contributed by atoms with Gasteiger partial charge in [-0.25, -0.2) is 8.78 Å². The highest BCUT2D eigenvalue weighted by Crippen LogP contribution is 2.29. The van der Waals surface area contributed by atoms with Crippen molar-refractivity contribution in [3.63, 3.8) is 0 Å². The summed E-state index contributed by atoms with van der Waals surface area (Å²) in [5, 5.41) is 13.3. The maximum atomic E-state index is 13.6. The number of nitro benzene ring substituents is 1. The minimum Gasteiger partial charge on any atom is -0.373 e. The average molecular weight is 267 g/mol. The van der Waals surface area contributed by atoms with Crippen LogP contribution in [0.4, 0.5) is 20.2 Å². The van der Waals surface area contributed by atoms with Gasteiger partial charge in [0.2, 0.25) is 0 Å². The number of nitro groups is 1. The number of hydrogen-bond acceptors (Lipinski definition) is 3. The van der Waals surface area contributed by atoms with E-state index in [2.05, 4.69) is 5.32 Å². The van der Waals surface area contributed by atoms with Gasteiger partial charge in [-0.15, -0.1) is 0 Å². The average Bonchev–Trinajstić information content (AvgIpc) is 2.76. The lowest BCUT2D eigenvalue weighted by molar-refractivity contribution is -0.384. The van der Waals surface area contributed by atoms with Gasteiger partial charge in [-0.3, -0.25) is 10.1 Å². The Hall–Kier alpha value is -2.44. The molecule has 0 radical (unpaired) electrons. The first-order chi connectivity index (χ1) is 8.99. The van der Waals surface area contributed by atoms with Gasteiger partial charge >= 0.3 is 0 Å². The Morgan fingerprint density at radius 1 is 1.37 bits per heavy atom. The second kappa shape index (κ2) is 5.05. The topological polar surface area (TPSA) is 60.1 Å². The summed E-state index contributed by atoms with van der Waals surface area (Å²) in [6, 6.07) is 3.45. The highest BCUT2D eigenvalue weighted by molar-refractivity contribution is 5.62. The molecule has 0 aliphatic carbocycles. The molecule has 7 heteroatoms. The van der Waals surface area contributed by atoms with Crippen LogP contribution in [-0.2, 0) is 13.6 Å². The van der Waals surface area contributed by atoms with Crippen LogP contribution in [0.1, 0.15) is 5.56 Å². The molecule has 1 aromatic carbocycles. The summed E-state index contributed by atoms with van der Waals surface area (Å²) in [5.41, 5.74) is -0.121. The van der Waals surface area contributed by atoms with Crippen molar-refractivity contribution in [2.45, 2.75) is 6.54 Å². The summed E-state index contributed by atoms with van der Waals surface area (Å²) in [5.74, 6) is -2.37. The lowest BCUT2D eigenvalue weighted by Gasteiger charge is -2.07. The normalized spacial score (nSPS) is 10.5. The molecular weight excluding hydrogens is 256 g/mol. The van der Waals surface area contributed by atoms with Gasteiger partial charge in [0.25, 0.3) is 5.69 Å². The zero-order valence-electron chi connectivity index (χ0n) is 10.1. The van der Waals surface area contributed by atoms with E-state index in [0.717, 1.165) is 17.7 Å². The molecule has 1 N–H and O–H groups in total. The lowest BCUT2D eigenvalue weighted by Crippen LogP contribution is -2.06. The molecule has 0 bridgehead atoms. The highest BCUT2D eigenvalue weighted by Gasteiger charge is 2.21. The molecule has 5 nitrogen and oxygen atoms in total. The van der Waals surface area contributed by atoms with Crippen molar-refractivity contribution in [1.29, 1.82) is 0 Å². The summed E-state index contributed by atoms with van der Waals surface area (Å²) in [7, 11) is 1.81. The monoisotopic (exact) mass is 267 g/mol. The fourth-order valence-electron chi connectivity index (χ4n) is 1.72. The number of nitrogens with one attached hydrogen (secondary N) is 1.